The predicted octanol–water partition coefficient (Wildman–Crippen LogP) is 1.33. The predicted molar refractivity (Wildman–Crippen MR) is 42.2 cm³/mol. The van der Waals surface area contributed by atoms with Crippen molar-refractivity contribution in [3.8, 4) is 0 Å². The van der Waals surface area contributed by atoms with Gasteiger partial charge in [0.15, 0.2) is 0 Å². The molecule has 0 saturated carbocycles. The molecule has 12 heavy (non-hydrogen) atoms. The van der Waals surface area contributed by atoms with Gasteiger partial charge < -0.3 is 5.73 Å². The lowest BCUT2D eigenvalue weighted by Crippen LogP contribution is -1.94. The van der Waals surface area contributed by atoms with E-state index in [1.807, 2.05) is 0 Å². The molecule has 1 aromatic heterocycles. The number of rotatable bonds is 2. The fourth-order valence-electron chi connectivity index (χ4n) is 0.742. The fourth-order valence-corrected chi connectivity index (χ4v) is 0.742. The highest BCUT2D eigenvalue weighted by atomic mass is 19.1. The molecule has 0 spiro atoms. The molecule has 0 aliphatic rings. The Morgan fingerprint density at radius 2 is 2.17 bits per heavy atom. The first-order chi connectivity index (χ1) is 5.74. The molecule has 0 radical (unpaired) electrons. The van der Waals surface area contributed by atoms with Crippen molar-refractivity contribution in [3.63, 3.8) is 0 Å². The number of hydrogen-bond acceptors (Lipinski definition) is 2. The molecule has 0 saturated heterocycles. The summed E-state index contributed by atoms with van der Waals surface area (Å²) in [5.74, 6) is -1.64. The number of pyridine rings is 1. The van der Waals surface area contributed by atoms with Gasteiger partial charge in [-0.15, -0.1) is 0 Å². The van der Waals surface area contributed by atoms with Crippen LogP contribution in [-0.2, 0) is 0 Å². The average molecular weight is 170 g/mol. The van der Waals surface area contributed by atoms with E-state index >= 15 is 0 Å². The van der Waals surface area contributed by atoms with Gasteiger partial charge in [-0.2, -0.15) is 13.8 Å². The Kier molecular flexibility index (Phi) is 2.88. The molecule has 2 N–H and O–H groups in total. The quantitative estimate of drug-likeness (QED) is 0.680. The van der Waals surface area contributed by atoms with Crippen molar-refractivity contribution >= 4 is 6.08 Å². The summed E-state index contributed by atoms with van der Waals surface area (Å²) in [6, 6.07) is 2.41. The highest BCUT2D eigenvalue weighted by molar-refractivity contribution is 5.48. The minimum absolute atomic E-state index is 0.238. The van der Waals surface area contributed by atoms with Crippen LogP contribution in [0.1, 0.15) is 5.56 Å². The zero-order valence-electron chi connectivity index (χ0n) is 6.30. The zero-order valence-corrected chi connectivity index (χ0v) is 6.30. The van der Waals surface area contributed by atoms with Crippen molar-refractivity contribution in [2.45, 2.75) is 0 Å². The normalized spacial score (nSPS) is 10.9. The van der Waals surface area contributed by atoms with Crippen LogP contribution in [0.3, 0.4) is 0 Å². The zero-order chi connectivity index (χ0) is 8.97. The minimum Gasteiger partial charge on any atom is -0.327 e. The van der Waals surface area contributed by atoms with E-state index in [-0.39, 0.29) is 5.56 Å². The molecule has 1 rings (SSSR count). The Hall–Kier alpha value is -1.29. The summed E-state index contributed by atoms with van der Waals surface area (Å²) < 4.78 is 25.0. The maximum atomic E-state index is 12.7. The van der Waals surface area contributed by atoms with Gasteiger partial charge in [0.1, 0.15) is 0 Å². The van der Waals surface area contributed by atoms with Gasteiger partial charge >= 0.3 is 0 Å². The Morgan fingerprint density at radius 3 is 2.75 bits per heavy atom. The summed E-state index contributed by atoms with van der Waals surface area (Å²) in [7, 11) is 0. The van der Waals surface area contributed by atoms with Gasteiger partial charge in [-0.05, 0) is 12.1 Å². The molecule has 2 nitrogen and oxygen atoms in total. The molecular weight excluding hydrogens is 162 g/mol. The maximum Gasteiger partial charge on any atom is 0.222 e. The topological polar surface area (TPSA) is 38.9 Å². The summed E-state index contributed by atoms with van der Waals surface area (Å²) >= 11 is 0. The van der Waals surface area contributed by atoms with Crippen molar-refractivity contribution in [1.82, 2.24) is 4.98 Å². The molecule has 64 valence electrons. The highest BCUT2D eigenvalue weighted by Crippen LogP contribution is 2.06. The van der Waals surface area contributed by atoms with Gasteiger partial charge in [0.2, 0.25) is 11.9 Å². The largest absolute Gasteiger partial charge is 0.327 e. The number of nitrogens with two attached hydrogens (primary N) is 1. The van der Waals surface area contributed by atoms with Crippen LogP contribution in [0.5, 0.6) is 0 Å². The molecule has 0 unspecified atom stereocenters. The first-order valence-corrected chi connectivity index (χ1v) is 3.42. The average Bonchev–Trinajstić information content (AvgIpc) is 2.03. The molecule has 0 atom stereocenters. The van der Waals surface area contributed by atoms with Gasteiger partial charge in [-0.25, -0.2) is 0 Å². The van der Waals surface area contributed by atoms with Gasteiger partial charge in [-0.1, -0.05) is 12.2 Å². The molecule has 0 fully saturated rings. The molecule has 0 aliphatic carbocycles. The monoisotopic (exact) mass is 170 g/mol. The number of aromatic nitrogens is 1. The Labute approximate surface area is 68.7 Å². The third-order valence-corrected chi connectivity index (χ3v) is 1.28. The van der Waals surface area contributed by atoms with E-state index in [9.17, 15) is 8.78 Å². The first kappa shape index (κ1) is 8.80. The highest BCUT2D eigenvalue weighted by Gasteiger charge is 2.00. The summed E-state index contributed by atoms with van der Waals surface area (Å²) in [6.07, 6.45) is 3.03. The van der Waals surface area contributed by atoms with Gasteiger partial charge in [0.05, 0.1) is 0 Å². The van der Waals surface area contributed by atoms with Crippen LogP contribution in [0.2, 0.25) is 0 Å². The van der Waals surface area contributed by atoms with Crippen molar-refractivity contribution in [1.29, 1.82) is 0 Å². The second-order valence-corrected chi connectivity index (χ2v) is 2.15. The lowest BCUT2D eigenvalue weighted by molar-refractivity contribution is 0.511. The Bertz CT molecular complexity index is 297. The van der Waals surface area contributed by atoms with Crippen LogP contribution in [0.15, 0.2) is 18.2 Å². The summed E-state index contributed by atoms with van der Waals surface area (Å²) in [4.78, 5) is 3.00. The SMILES string of the molecule is NCC=Cc1ccc(F)nc1F. The van der Waals surface area contributed by atoms with E-state index in [1.165, 1.54) is 12.1 Å². The summed E-state index contributed by atoms with van der Waals surface area (Å²) in [6.45, 7) is 0.316. The second-order valence-electron chi connectivity index (χ2n) is 2.15. The smallest absolute Gasteiger partial charge is 0.222 e. The Morgan fingerprint density at radius 1 is 1.42 bits per heavy atom. The number of halogens is 2. The molecule has 0 aliphatic heterocycles. The van der Waals surface area contributed by atoms with Gasteiger partial charge in [0.25, 0.3) is 0 Å². The van der Waals surface area contributed by atoms with E-state index in [2.05, 4.69) is 4.98 Å². The Balaban J connectivity index is 2.94. The summed E-state index contributed by atoms with van der Waals surface area (Å²) in [5, 5.41) is 0. The van der Waals surface area contributed by atoms with E-state index in [0.29, 0.717) is 6.54 Å². The lowest BCUT2D eigenvalue weighted by Gasteiger charge is -1.94. The molecule has 0 aromatic carbocycles. The van der Waals surface area contributed by atoms with Gasteiger partial charge in [0, 0.05) is 12.1 Å². The first-order valence-electron chi connectivity index (χ1n) is 3.42. The molecular formula is C8H8F2N2. The lowest BCUT2D eigenvalue weighted by atomic mass is 10.2. The van der Waals surface area contributed by atoms with Crippen LogP contribution >= 0.6 is 0 Å². The number of hydrogen-bond donors (Lipinski definition) is 1. The van der Waals surface area contributed by atoms with Gasteiger partial charge in [-0.3, -0.25) is 0 Å². The third-order valence-electron chi connectivity index (χ3n) is 1.28. The van der Waals surface area contributed by atoms with Crippen molar-refractivity contribution in [2.75, 3.05) is 6.54 Å². The van der Waals surface area contributed by atoms with Crippen LogP contribution in [0.4, 0.5) is 8.78 Å². The van der Waals surface area contributed by atoms with Crippen LogP contribution in [-0.4, -0.2) is 11.5 Å². The number of nitrogens with zero attached hydrogens (tertiary/aromatic N) is 1. The third kappa shape index (κ3) is 2.10. The molecule has 1 heterocycles. The van der Waals surface area contributed by atoms with E-state index in [0.717, 1.165) is 6.07 Å². The minimum atomic E-state index is -0.822. The summed E-state index contributed by atoms with van der Waals surface area (Å²) in [5.41, 5.74) is 5.39. The molecule has 4 heteroatoms. The van der Waals surface area contributed by atoms with Crippen molar-refractivity contribution < 1.29 is 8.78 Å². The van der Waals surface area contributed by atoms with Crippen molar-refractivity contribution in [2.24, 2.45) is 5.73 Å². The van der Waals surface area contributed by atoms with Crippen LogP contribution in [0.25, 0.3) is 6.08 Å². The molecule has 0 amide bonds. The van der Waals surface area contributed by atoms with Crippen LogP contribution in [0, 0.1) is 11.9 Å². The van der Waals surface area contributed by atoms with Crippen molar-refractivity contribution in [3.05, 3.63) is 35.7 Å². The molecule has 0 bridgehead atoms. The maximum absolute atomic E-state index is 12.7. The van der Waals surface area contributed by atoms with E-state index in [1.54, 1.807) is 6.08 Å². The standard InChI is InChI=1S/C8H8F2N2/c9-7-4-3-6(2-1-5-11)8(10)12-7/h1-4H,5,11H2. The fraction of sp³-hybridized carbons (Fsp3) is 0.125. The van der Waals surface area contributed by atoms with E-state index < -0.39 is 11.9 Å². The molecule has 1 aromatic rings. The van der Waals surface area contributed by atoms with Crippen LogP contribution < -0.4 is 5.73 Å². The van der Waals surface area contributed by atoms with E-state index in [4.69, 9.17) is 5.73 Å². The second kappa shape index (κ2) is 3.92.